The highest BCUT2D eigenvalue weighted by Crippen LogP contribution is 2.28. The lowest BCUT2D eigenvalue weighted by Crippen LogP contribution is -2.33. The second-order valence-electron chi connectivity index (χ2n) is 8.50. The monoisotopic (exact) mass is 434 g/mol. The van der Waals surface area contributed by atoms with Crippen LogP contribution in [0.15, 0.2) is 73.2 Å². The van der Waals surface area contributed by atoms with Crippen LogP contribution >= 0.6 is 0 Å². The molecular formula is C26H27BN6. The Morgan fingerprint density at radius 1 is 1.06 bits per heavy atom. The minimum absolute atomic E-state index is 0.414. The Morgan fingerprint density at radius 2 is 1.91 bits per heavy atom. The average molecular weight is 434 g/mol. The van der Waals surface area contributed by atoms with E-state index in [1.165, 1.54) is 5.56 Å². The van der Waals surface area contributed by atoms with Crippen LogP contribution in [0.25, 0.3) is 11.7 Å². The third-order valence-electron chi connectivity index (χ3n) is 6.19. The summed E-state index contributed by atoms with van der Waals surface area (Å²) in [6, 6.07) is 16.6. The van der Waals surface area contributed by atoms with E-state index in [-0.39, 0.29) is 0 Å². The van der Waals surface area contributed by atoms with Crippen molar-refractivity contribution in [3.8, 4) is 0 Å². The van der Waals surface area contributed by atoms with Gasteiger partial charge in [-0.15, -0.1) is 0 Å². The summed E-state index contributed by atoms with van der Waals surface area (Å²) in [5.74, 6) is 1.32. The highest BCUT2D eigenvalue weighted by Gasteiger charge is 2.22. The van der Waals surface area contributed by atoms with E-state index in [0.29, 0.717) is 17.9 Å². The van der Waals surface area contributed by atoms with Gasteiger partial charge in [0, 0.05) is 49.4 Å². The SMILES string of the molecule is [B]c1cnn2c(NCc3cccnc3)cc(C3CCN(C/C=C/c4ccccc4)CC3)nc12. The summed E-state index contributed by atoms with van der Waals surface area (Å²) in [5.41, 5.74) is 4.76. The molecule has 4 heterocycles. The van der Waals surface area contributed by atoms with Crippen molar-refractivity contribution in [1.29, 1.82) is 0 Å². The van der Waals surface area contributed by atoms with Gasteiger partial charge in [-0.1, -0.05) is 48.6 Å². The van der Waals surface area contributed by atoms with E-state index in [0.717, 1.165) is 55.2 Å². The van der Waals surface area contributed by atoms with Crippen molar-refractivity contribution < 1.29 is 0 Å². The Balaban J connectivity index is 1.26. The second kappa shape index (κ2) is 10.0. The van der Waals surface area contributed by atoms with Crippen molar-refractivity contribution in [2.45, 2.75) is 25.3 Å². The minimum Gasteiger partial charge on any atom is -0.366 e. The van der Waals surface area contributed by atoms with Crippen LogP contribution < -0.4 is 10.8 Å². The molecule has 3 aromatic heterocycles. The van der Waals surface area contributed by atoms with Crippen molar-refractivity contribution in [3.63, 3.8) is 0 Å². The van der Waals surface area contributed by atoms with Gasteiger partial charge in [-0.05, 0) is 48.6 Å². The third kappa shape index (κ3) is 5.15. The summed E-state index contributed by atoms with van der Waals surface area (Å²) in [5, 5.41) is 7.92. The number of anilines is 1. The van der Waals surface area contributed by atoms with E-state index in [4.69, 9.17) is 12.8 Å². The molecule has 1 saturated heterocycles. The predicted molar refractivity (Wildman–Crippen MR) is 134 cm³/mol. The molecule has 0 saturated carbocycles. The first-order valence-corrected chi connectivity index (χ1v) is 11.5. The molecule has 33 heavy (non-hydrogen) atoms. The lowest BCUT2D eigenvalue weighted by molar-refractivity contribution is 0.231. The standard InChI is InChI=1S/C26H27BN6/c27-23-19-30-33-25(29-18-21-8-4-12-28-17-21)16-24(31-26(23)33)22-10-14-32(15-11-22)13-5-9-20-6-2-1-3-7-20/h1-9,12,16-17,19,22,29H,10-11,13-15,18H2/b9-5+. The van der Waals surface area contributed by atoms with Gasteiger partial charge in [0.1, 0.15) is 19.3 Å². The molecule has 1 aliphatic rings. The zero-order valence-corrected chi connectivity index (χ0v) is 18.6. The number of piperidine rings is 1. The summed E-state index contributed by atoms with van der Waals surface area (Å²) >= 11 is 0. The quantitative estimate of drug-likeness (QED) is 0.452. The molecular weight excluding hydrogens is 407 g/mol. The molecule has 0 spiro atoms. The number of nitrogens with zero attached hydrogens (tertiary/aromatic N) is 5. The number of rotatable bonds is 7. The largest absolute Gasteiger partial charge is 0.366 e. The van der Waals surface area contributed by atoms with E-state index in [1.54, 1.807) is 16.9 Å². The van der Waals surface area contributed by atoms with Crippen LogP contribution in [0.5, 0.6) is 0 Å². The van der Waals surface area contributed by atoms with Crippen molar-refractivity contribution in [2.24, 2.45) is 0 Å². The van der Waals surface area contributed by atoms with Crippen LogP contribution in [0.1, 0.15) is 35.6 Å². The van der Waals surface area contributed by atoms with E-state index in [1.807, 2.05) is 18.3 Å². The van der Waals surface area contributed by atoms with Gasteiger partial charge in [-0.3, -0.25) is 9.88 Å². The highest BCUT2D eigenvalue weighted by atomic mass is 15.3. The lowest BCUT2D eigenvalue weighted by atomic mass is 9.92. The summed E-state index contributed by atoms with van der Waals surface area (Å²) in [6.45, 7) is 3.76. The van der Waals surface area contributed by atoms with Gasteiger partial charge < -0.3 is 5.32 Å². The molecule has 0 bridgehead atoms. The molecule has 5 rings (SSSR count). The van der Waals surface area contributed by atoms with Gasteiger partial charge in [0.15, 0.2) is 0 Å². The fourth-order valence-corrected chi connectivity index (χ4v) is 4.34. The Kier molecular flexibility index (Phi) is 6.49. The smallest absolute Gasteiger partial charge is 0.150 e. The first-order valence-electron chi connectivity index (χ1n) is 11.5. The molecule has 2 radical (unpaired) electrons. The first kappa shape index (κ1) is 21.4. The molecule has 1 N–H and O–H groups in total. The Bertz CT molecular complexity index is 1210. The van der Waals surface area contributed by atoms with Gasteiger partial charge in [-0.2, -0.15) is 9.61 Å². The van der Waals surface area contributed by atoms with Crippen LogP contribution in [-0.2, 0) is 6.54 Å². The fourth-order valence-electron chi connectivity index (χ4n) is 4.34. The average Bonchev–Trinajstić information content (AvgIpc) is 3.25. The number of likely N-dealkylation sites (tertiary alicyclic amines) is 1. The number of nitrogens with one attached hydrogen (secondary N) is 1. The summed E-state index contributed by atoms with van der Waals surface area (Å²) in [6.07, 6.45) is 11.9. The molecule has 1 aromatic carbocycles. The Morgan fingerprint density at radius 3 is 2.70 bits per heavy atom. The summed E-state index contributed by atoms with van der Waals surface area (Å²) < 4.78 is 1.79. The maximum atomic E-state index is 6.18. The first-order chi connectivity index (χ1) is 16.3. The molecule has 1 fully saturated rings. The van der Waals surface area contributed by atoms with E-state index in [9.17, 15) is 0 Å². The van der Waals surface area contributed by atoms with E-state index >= 15 is 0 Å². The fraction of sp³-hybridized carbons (Fsp3) is 0.269. The molecule has 6 nitrogen and oxygen atoms in total. The van der Waals surface area contributed by atoms with Crippen LogP contribution in [0.4, 0.5) is 5.82 Å². The molecule has 4 aromatic rings. The van der Waals surface area contributed by atoms with E-state index in [2.05, 4.69) is 68.8 Å². The normalized spacial score (nSPS) is 15.4. The second-order valence-corrected chi connectivity index (χ2v) is 8.50. The molecule has 0 unspecified atom stereocenters. The van der Waals surface area contributed by atoms with Crippen molar-refractivity contribution in [2.75, 3.05) is 25.0 Å². The third-order valence-corrected chi connectivity index (χ3v) is 6.19. The van der Waals surface area contributed by atoms with Crippen LogP contribution in [0.2, 0.25) is 0 Å². The number of pyridine rings is 1. The maximum absolute atomic E-state index is 6.18. The number of hydrogen-bond acceptors (Lipinski definition) is 5. The van der Waals surface area contributed by atoms with Crippen molar-refractivity contribution in [1.82, 2.24) is 24.5 Å². The van der Waals surface area contributed by atoms with Gasteiger partial charge in [0.2, 0.25) is 0 Å². The summed E-state index contributed by atoms with van der Waals surface area (Å²) in [7, 11) is 6.18. The molecule has 0 amide bonds. The van der Waals surface area contributed by atoms with Crippen LogP contribution in [0, 0.1) is 0 Å². The van der Waals surface area contributed by atoms with Crippen molar-refractivity contribution in [3.05, 3.63) is 90.0 Å². The maximum Gasteiger partial charge on any atom is 0.150 e. The lowest BCUT2D eigenvalue weighted by Gasteiger charge is -2.31. The predicted octanol–water partition coefficient (Wildman–Crippen LogP) is 3.42. The van der Waals surface area contributed by atoms with Gasteiger partial charge >= 0.3 is 0 Å². The number of benzene rings is 1. The van der Waals surface area contributed by atoms with E-state index < -0.39 is 0 Å². The topological polar surface area (TPSA) is 58.4 Å². The minimum atomic E-state index is 0.414. The number of fused-ring (bicyclic) bond motifs is 1. The number of aromatic nitrogens is 4. The number of hydrogen-bond donors (Lipinski definition) is 1. The van der Waals surface area contributed by atoms with Crippen molar-refractivity contribution >= 4 is 30.9 Å². The zero-order chi connectivity index (χ0) is 22.5. The Labute approximate surface area is 195 Å². The molecule has 1 aliphatic heterocycles. The zero-order valence-electron chi connectivity index (χ0n) is 18.6. The van der Waals surface area contributed by atoms with Gasteiger partial charge in [0.05, 0.1) is 0 Å². The molecule has 0 aliphatic carbocycles. The molecule has 7 heteroatoms. The van der Waals surface area contributed by atoms with Gasteiger partial charge in [-0.25, -0.2) is 4.98 Å². The summed E-state index contributed by atoms with van der Waals surface area (Å²) in [4.78, 5) is 11.6. The highest BCUT2D eigenvalue weighted by molar-refractivity contribution is 6.36. The molecule has 164 valence electrons. The van der Waals surface area contributed by atoms with Crippen LogP contribution in [-0.4, -0.2) is 52.0 Å². The Hall–Kier alpha value is -3.45. The molecule has 0 atom stereocenters. The van der Waals surface area contributed by atoms with Crippen LogP contribution in [0.3, 0.4) is 0 Å². The van der Waals surface area contributed by atoms with Gasteiger partial charge in [0.25, 0.3) is 0 Å².